The summed E-state index contributed by atoms with van der Waals surface area (Å²) in [6, 6.07) is 7.01. The Labute approximate surface area is 120 Å². The molecule has 0 fully saturated rings. The summed E-state index contributed by atoms with van der Waals surface area (Å²) in [6.07, 6.45) is 0.211. The van der Waals surface area contributed by atoms with Crippen molar-refractivity contribution in [1.82, 2.24) is 10.6 Å². The number of hydrogen-bond donors (Lipinski definition) is 3. The maximum Gasteiger partial charge on any atom is 0.314 e. The maximum atomic E-state index is 11.4. The van der Waals surface area contributed by atoms with E-state index in [0.29, 0.717) is 12.3 Å². The summed E-state index contributed by atoms with van der Waals surface area (Å²) >= 11 is 0. The van der Waals surface area contributed by atoms with Crippen LogP contribution in [0.2, 0.25) is 0 Å². The van der Waals surface area contributed by atoms with Crippen molar-refractivity contribution in [2.75, 3.05) is 13.1 Å². The second-order valence-electron chi connectivity index (χ2n) is 4.89. The molecule has 1 aromatic rings. The minimum Gasteiger partial charge on any atom is -0.491 e. The molecule has 1 atom stereocenters. The minimum atomic E-state index is -0.752. The van der Waals surface area contributed by atoms with E-state index in [4.69, 9.17) is 4.74 Å². The molecule has 0 bridgehead atoms. The summed E-state index contributed by atoms with van der Waals surface area (Å²) in [7, 11) is 0. The third-order valence-electron chi connectivity index (χ3n) is 2.61. The number of rotatable bonds is 7. The second kappa shape index (κ2) is 8.43. The Kier molecular flexibility index (Phi) is 6.87. The molecule has 2 amide bonds. The van der Waals surface area contributed by atoms with Crippen molar-refractivity contribution in [3.05, 3.63) is 29.8 Å². The van der Waals surface area contributed by atoms with E-state index in [1.807, 2.05) is 39.0 Å². The predicted octanol–water partition coefficient (Wildman–Crippen LogP) is 2.22. The number of aliphatic hydroxyl groups is 1. The first-order valence-electron chi connectivity index (χ1n) is 6.99. The highest BCUT2D eigenvalue weighted by Crippen LogP contribution is 2.19. The third-order valence-corrected chi connectivity index (χ3v) is 2.61. The molecule has 5 nitrogen and oxygen atoms in total. The molecule has 20 heavy (non-hydrogen) atoms. The third kappa shape index (κ3) is 5.93. The molecule has 0 saturated carbocycles. The van der Waals surface area contributed by atoms with Crippen LogP contribution in [0.5, 0.6) is 5.75 Å². The molecule has 0 spiro atoms. The van der Waals surface area contributed by atoms with Crippen LogP contribution < -0.4 is 15.4 Å². The van der Waals surface area contributed by atoms with Gasteiger partial charge in [-0.25, -0.2) is 4.79 Å². The average Bonchev–Trinajstić information content (AvgIpc) is 2.42. The molecule has 0 aliphatic heterocycles. The van der Waals surface area contributed by atoms with Gasteiger partial charge in [-0.3, -0.25) is 0 Å². The zero-order valence-electron chi connectivity index (χ0n) is 12.3. The molecule has 1 unspecified atom stereocenters. The number of carbonyl (C=O) groups excluding carboxylic acids is 1. The Morgan fingerprint density at radius 2 is 2.10 bits per heavy atom. The monoisotopic (exact) mass is 280 g/mol. The van der Waals surface area contributed by atoms with Crippen molar-refractivity contribution in [3.63, 3.8) is 0 Å². The van der Waals surface area contributed by atoms with Crippen molar-refractivity contribution in [3.8, 4) is 5.75 Å². The SMILES string of the molecule is CCCNC(=O)NCC(O)c1cccc(OC(C)C)c1. The van der Waals surface area contributed by atoms with Crippen LogP contribution in [0.3, 0.4) is 0 Å². The summed E-state index contributed by atoms with van der Waals surface area (Å²) in [5.74, 6) is 0.715. The van der Waals surface area contributed by atoms with Crippen molar-refractivity contribution < 1.29 is 14.6 Å². The van der Waals surface area contributed by atoms with Crippen LogP contribution in [0.4, 0.5) is 4.79 Å². The Hall–Kier alpha value is -1.75. The lowest BCUT2D eigenvalue weighted by atomic mass is 10.1. The van der Waals surface area contributed by atoms with Gasteiger partial charge in [-0.05, 0) is 38.0 Å². The van der Waals surface area contributed by atoms with Crippen LogP contribution in [0, 0.1) is 0 Å². The summed E-state index contributed by atoms with van der Waals surface area (Å²) in [6.45, 7) is 6.67. The van der Waals surface area contributed by atoms with Gasteiger partial charge in [0.05, 0.1) is 12.2 Å². The highest BCUT2D eigenvalue weighted by molar-refractivity contribution is 5.73. The van der Waals surface area contributed by atoms with E-state index in [-0.39, 0.29) is 18.7 Å². The number of urea groups is 1. The van der Waals surface area contributed by atoms with Crippen molar-refractivity contribution in [2.45, 2.75) is 39.4 Å². The van der Waals surface area contributed by atoms with Crippen LogP contribution in [0.15, 0.2) is 24.3 Å². The molecule has 0 aliphatic rings. The van der Waals surface area contributed by atoms with Crippen molar-refractivity contribution in [2.24, 2.45) is 0 Å². The van der Waals surface area contributed by atoms with E-state index < -0.39 is 6.10 Å². The predicted molar refractivity (Wildman–Crippen MR) is 78.9 cm³/mol. The second-order valence-corrected chi connectivity index (χ2v) is 4.89. The molecule has 5 heteroatoms. The first kappa shape index (κ1) is 16.3. The van der Waals surface area contributed by atoms with Crippen molar-refractivity contribution >= 4 is 6.03 Å². The van der Waals surface area contributed by atoms with E-state index in [1.54, 1.807) is 6.07 Å². The Balaban J connectivity index is 2.50. The summed E-state index contributed by atoms with van der Waals surface area (Å²) in [5, 5.41) is 15.4. The van der Waals surface area contributed by atoms with Gasteiger partial charge in [0.25, 0.3) is 0 Å². The van der Waals surface area contributed by atoms with E-state index in [2.05, 4.69) is 10.6 Å². The highest BCUT2D eigenvalue weighted by Gasteiger charge is 2.10. The van der Waals surface area contributed by atoms with Crippen LogP contribution in [0.25, 0.3) is 0 Å². The number of hydrogen-bond acceptors (Lipinski definition) is 3. The standard InChI is InChI=1S/C15H24N2O3/c1-4-8-16-15(19)17-10-14(18)12-6-5-7-13(9-12)20-11(2)3/h5-7,9,11,14,18H,4,8,10H2,1-3H3,(H2,16,17,19). The van der Waals surface area contributed by atoms with E-state index in [9.17, 15) is 9.90 Å². The van der Waals surface area contributed by atoms with Gasteiger partial charge in [-0.15, -0.1) is 0 Å². The molecule has 0 aromatic heterocycles. The first-order valence-corrected chi connectivity index (χ1v) is 6.99. The van der Waals surface area contributed by atoms with Crippen LogP contribution >= 0.6 is 0 Å². The Bertz CT molecular complexity index is 421. The topological polar surface area (TPSA) is 70.6 Å². The fourth-order valence-electron chi connectivity index (χ4n) is 1.68. The molecule has 112 valence electrons. The normalized spacial score (nSPS) is 12.1. The van der Waals surface area contributed by atoms with Gasteiger partial charge < -0.3 is 20.5 Å². The number of amides is 2. The quantitative estimate of drug-likeness (QED) is 0.717. The average molecular weight is 280 g/mol. The molecular formula is C15H24N2O3. The number of benzene rings is 1. The molecule has 1 aromatic carbocycles. The summed E-state index contributed by atoms with van der Waals surface area (Å²) in [5.41, 5.74) is 0.721. The zero-order chi connectivity index (χ0) is 15.0. The number of carbonyl (C=O) groups is 1. The van der Waals surface area contributed by atoms with Crippen LogP contribution in [-0.2, 0) is 0 Å². The van der Waals surface area contributed by atoms with Gasteiger partial charge in [-0.1, -0.05) is 19.1 Å². The van der Waals surface area contributed by atoms with Gasteiger partial charge in [0.2, 0.25) is 0 Å². The summed E-state index contributed by atoms with van der Waals surface area (Å²) in [4.78, 5) is 11.4. The first-order chi connectivity index (χ1) is 9.52. The number of nitrogens with one attached hydrogen (secondary N) is 2. The Morgan fingerprint density at radius 1 is 1.35 bits per heavy atom. The lowest BCUT2D eigenvalue weighted by Gasteiger charge is -2.15. The maximum absolute atomic E-state index is 11.4. The summed E-state index contributed by atoms with van der Waals surface area (Å²) < 4.78 is 5.57. The molecule has 1 rings (SSSR count). The molecule has 0 saturated heterocycles. The van der Waals surface area contributed by atoms with Gasteiger partial charge >= 0.3 is 6.03 Å². The number of ether oxygens (including phenoxy) is 1. The lowest BCUT2D eigenvalue weighted by molar-refractivity contribution is 0.172. The highest BCUT2D eigenvalue weighted by atomic mass is 16.5. The molecular weight excluding hydrogens is 256 g/mol. The van der Waals surface area contributed by atoms with Gasteiger partial charge in [0.15, 0.2) is 0 Å². The number of aliphatic hydroxyl groups excluding tert-OH is 1. The lowest BCUT2D eigenvalue weighted by Crippen LogP contribution is -2.38. The van der Waals surface area contributed by atoms with Crippen molar-refractivity contribution in [1.29, 1.82) is 0 Å². The van der Waals surface area contributed by atoms with E-state index in [1.165, 1.54) is 0 Å². The van der Waals surface area contributed by atoms with E-state index >= 15 is 0 Å². The fraction of sp³-hybridized carbons (Fsp3) is 0.533. The fourth-order valence-corrected chi connectivity index (χ4v) is 1.68. The molecule has 0 radical (unpaired) electrons. The Morgan fingerprint density at radius 3 is 2.75 bits per heavy atom. The van der Waals surface area contributed by atoms with Gasteiger partial charge in [0, 0.05) is 13.1 Å². The van der Waals surface area contributed by atoms with Gasteiger partial charge in [0.1, 0.15) is 5.75 Å². The van der Waals surface area contributed by atoms with Gasteiger partial charge in [-0.2, -0.15) is 0 Å². The molecule has 0 heterocycles. The molecule has 0 aliphatic carbocycles. The van der Waals surface area contributed by atoms with E-state index in [0.717, 1.165) is 12.0 Å². The zero-order valence-corrected chi connectivity index (χ0v) is 12.3. The van der Waals surface area contributed by atoms with Crippen LogP contribution in [0.1, 0.15) is 38.9 Å². The van der Waals surface area contributed by atoms with Crippen LogP contribution in [-0.4, -0.2) is 30.3 Å². The molecule has 3 N–H and O–H groups in total. The smallest absolute Gasteiger partial charge is 0.314 e. The largest absolute Gasteiger partial charge is 0.491 e. The minimum absolute atomic E-state index is 0.0836.